The predicted octanol–water partition coefficient (Wildman–Crippen LogP) is 2.07. The van der Waals surface area contributed by atoms with Crippen LogP contribution in [0.5, 0.6) is 0 Å². The van der Waals surface area contributed by atoms with Gasteiger partial charge in [-0.05, 0) is 38.3 Å². The number of benzene rings is 1. The number of ether oxygens (including phenoxy) is 1. The summed E-state index contributed by atoms with van der Waals surface area (Å²) in [5.41, 5.74) is 7.88. The molecule has 2 N–H and O–H groups in total. The van der Waals surface area contributed by atoms with Crippen LogP contribution >= 0.6 is 0 Å². The molecule has 6 heteroatoms. The molecule has 21 heavy (non-hydrogen) atoms. The van der Waals surface area contributed by atoms with E-state index < -0.39 is 10.0 Å². The van der Waals surface area contributed by atoms with E-state index in [-0.39, 0.29) is 17.0 Å². The number of hydrogen-bond acceptors (Lipinski definition) is 4. The number of anilines is 1. The van der Waals surface area contributed by atoms with Gasteiger partial charge in [0.15, 0.2) is 0 Å². The lowest BCUT2D eigenvalue weighted by molar-refractivity contribution is -0.0230. The third-order valence-electron chi connectivity index (χ3n) is 4.07. The Morgan fingerprint density at radius 2 is 1.95 bits per heavy atom. The van der Waals surface area contributed by atoms with Crippen LogP contribution in [0.4, 0.5) is 5.69 Å². The van der Waals surface area contributed by atoms with Gasteiger partial charge in [-0.2, -0.15) is 4.31 Å². The molecule has 0 amide bonds. The Morgan fingerprint density at radius 1 is 1.33 bits per heavy atom. The summed E-state index contributed by atoms with van der Waals surface area (Å²) >= 11 is 0. The van der Waals surface area contributed by atoms with Crippen molar-refractivity contribution in [2.75, 3.05) is 18.9 Å². The highest BCUT2D eigenvalue weighted by molar-refractivity contribution is 7.89. The summed E-state index contributed by atoms with van der Waals surface area (Å²) in [5.74, 6) is 0. The lowest BCUT2D eigenvalue weighted by Crippen LogP contribution is -2.51. The van der Waals surface area contributed by atoms with Gasteiger partial charge in [0.1, 0.15) is 4.90 Å². The molecule has 2 atom stereocenters. The minimum Gasteiger partial charge on any atom is -0.397 e. The van der Waals surface area contributed by atoms with Gasteiger partial charge in [0.2, 0.25) is 10.0 Å². The van der Waals surface area contributed by atoms with Crippen LogP contribution in [-0.4, -0.2) is 38.0 Å². The molecule has 0 spiro atoms. The van der Waals surface area contributed by atoms with Crippen molar-refractivity contribution in [3.05, 3.63) is 23.3 Å². The monoisotopic (exact) mass is 312 g/mol. The van der Waals surface area contributed by atoms with Crippen LogP contribution in [0, 0.1) is 13.8 Å². The minimum absolute atomic E-state index is 0.103. The zero-order valence-electron chi connectivity index (χ0n) is 13.1. The topological polar surface area (TPSA) is 72.6 Å². The zero-order valence-corrected chi connectivity index (χ0v) is 13.9. The van der Waals surface area contributed by atoms with Gasteiger partial charge < -0.3 is 10.5 Å². The van der Waals surface area contributed by atoms with Crippen LogP contribution < -0.4 is 5.73 Å². The highest BCUT2D eigenvalue weighted by Gasteiger charge is 2.37. The molecule has 1 fully saturated rings. The second-order valence-electron chi connectivity index (χ2n) is 5.72. The van der Waals surface area contributed by atoms with Crippen LogP contribution in [-0.2, 0) is 14.8 Å². The van der Waals surface area contributed by atoms with E-state index in [0.717, 1.165) is 12.0 Å². The predicted molar refractivity (Wildman–Crippen MR) is 83.7 cm³/mol. The number of sulfonamides is 1. The first-order valence-corrected chi connectivity index (χ1v) is 8.72. The summed E-state index contributed by atoms with van der Waals surface area (Å²) in [6.07, 6.45) is 0.616. The first-order valence-electron chi connectivity index (χ1n) is 7.28. The fourth-order valence-corrected chi connectivity index (χ4v) is 4.85. The first kappa shape index (κ1) is 16.3. The van der Waals surface area contributed by atoms with E-state index in [1.54, 1.807) is 11.2 Å². The van der Waals surface area contributed by atoms with Gasteiger partial charge in [0, 0.05) is 12.6 Å². The fraction of sp³-hybridized carbons (Fsp3) is 0.600. The van der Waals surface area contributed by atoms with Crippen molar-refractivity contribution in [1.29, 1.82) is 0 Å². The second-order valence-corrected chi connectivity index (χ2v) is 7.55. The highest BCUT2D eigenvalue weighted by Crippen LogP contribution is 2.31. The van der Waals surface area contributed by atoms with E-state index in [9.17, 15) is 8.42 Å². The third-order valence-corrected chi connectivity index (χ3v) is 6.19. The van der Waals surface area contributed by atoms with Gasteiger partial charge in [-0.3, -0.25) is 0 Å². The number of nitrogens with zero attached hydrogens (tertiary/aromatic N) is 1. The summed E-state index contributed by atoms with van der Waals surface area (Å²) in [7, 11) is -3.61. The van der Waals surface area contributed by atoms with Crippen molar-refractivity contribution in [2.45, 2.75) is 51.2 Å². The molecular formula is C15H24N2O3S. The van der Waals surface area contributed by atoms with Crippen molar-refractivity contribution in [2.24, 2.45) is 0 Å². The molecule has 2 unspecified atom stereocenters. The van der Waals surface area contributed by atoms with Crippen LogP contribution in [0.25, 0.3) is 0 Å². The highest BCUT2D eigenvalue weighted by atomic mass is 32.2. The number of morpholine rings is 1. The Hall–Kier alpha value is -1.11. The summed E-state index contributed by atoms with van der Waals surface area (Å²) in [6, 6.07) is 3.53. The summed E-state index contributed by atoms with van der Waals surface area (Å²) < 4.78 is 33.3. The molecule has 1 saturated heterocycles. The van der Waals surface area contributed by atoms with Crippen molar-refractivity contribution >= 4 is 15.7 Å². The van der Waals surface area contributed by atoms with E-state index in [4.69, 9.17) is 10.5 Å². The average molecular weight is 312 g/mol. The SMILES string of the molecule is CCC1COC(C)CN1S(=O)(=O)c1c(C)ccc(C)c1N. The second kappa shape index (κ2) is 5.94. The van der Waals surface area contributed by atoms with E-state index in [0.29, 0.717) is 24.4 Å². The molecule has 1 aliphatic rings. The van der Waals surface area contributed by atoms with Gasteiger partial charge in [-0.15, -0.1) is 0 Å². The molecule has 0 saturated carbocycles. The summed E-state index contributed by atoms with van der Waals surface area (Å²) in [5, 5.41) is 0. The Balaban J connectivity index is 2.53. The van der Waals surface area contributed by atoms with Gasteiger partial charge >= 0.3 is 0 Å². The maximum Gasteiger partial charge on any atom is 0.245 e. The molecule has 1 heterocycles. The van der Waals surface area contributed by atoms with Crippen molar-refractivity contribution in [1.82, 2.24) is 4.31 Å². The molecule has 118 valence electrons. The number of hydrogen-bond donors (Lipinski definition) is 1. The number of nitrogens with two attached hydrogens (primary N) is 1. The smallest absolute Gasteiger partial charge is 0.245 e. The Kier molecular flexibility index (Phi) is 4.60. The molecule has 0 bridgehead atoms. The molecule has 1 aromatic carbocycles. The molecule has 0 aliphatic carbocycles. The van der Waals surface area contributed by atoms with Crippen molar-refractivity contribution in [3.8, 4) is 0 Å². The molecule has 0 aromatic heterocycles. The molecule has 2 rings (SSSR count). The minimum atomic E-state index is -3.61. The normalized spacial score (nSPS) is 24.2. The fourth-order valence-electron chi connectivity index (χ4n) is 2.70. The summed E-state index contributed by atoms with van der Waals surface area (Å²) in [4.78, 5) is 0.245. The zero-order chi connectivity index (χ0) is 15.8. The van der Waals surface area contributed by atoms with Gasteiger partial charge in [0.25, 0.3) is 0 Å². The molecule has 5 nitrogen and oxygen atoms in total. The quantitative estimate of drug-likeness (QED) is 0.867. The van der Waals surface area contributed by atoms with Crippen LogP contribution in [0.2, 0.25) is 0 Å². The van der Waals surface area contributed by atoms with E-state index in [1.807, 2.05) is 32.9 Å². The lowest BCUT2D eigenvalue weighted by Gasteiger charge is -2.37. The maximum absolute atomic E-state index is 13.1. The van der Waals surface area contributed by atoms with Gasteiger partial charge in [0.05, 0.1) is 18.4 Å². The van der Waals surface area contributed by atoms with Crippen LogP contribution in [0.3, 0.4) is 0 Å². The number of rotatable bonds is 3. The Labute approximate surface area is 127 Å². The van der Waals surface area contributed by atoms with Crippen LogP contribution in [0.15, 0.2) is 17.0 Å². The largest absolute Gasteiger partial charge is 0.397 e. The van der Waals surface area contributed by atoms with Gasteiger partial charge in [-0.25, -0.2) is 8.42 Å². The molecular weight excluding hydrogens is 288 g/mol. The van der Waals surface area contributed by atoms with Crippen LogP contribution in [0.1, 0.15) is 31.4 Å². The number of aryl methyl sites for hydroxylation is 2. The van der Waals surface area contributed by atoms with Gasteiger partial charge in [-0.1, -0.05) is 19.1 Å². The molecule has 1 aliphatic heterocycles. The van der Waals surface area contributed by atoms with Crippen molar-refractivity contribution < 1.29 is 13.2 Å². The molecule has 0 radical (unpaired) electrons. The standard InChI is InChI=1S/C15H24N2O3S/c1-5-13-9-20-12(4)8-17(13)21(18,19)15-11(3)7-6-10(2)14(15)16/h6-7,12-13H,5,8-9,16H2,1-4H3. The number of nitrogen functional groups attached to an aromatic ring is 1. The van der Waals surface area contributed by atoms with E-state index in [2.05, 4.69) is 0 Å². The van der Waals surface area contributed by atoms with Crippen molar-refractivity contribution in [3.63, 3.8) is 0 Å². The third kappa shape index (κ3) is 2.93. The Bertz CT molecular complexity index is 628. The molecule has 1 aromatic rings. The van der Waals surface area contributed by atoms with E-state index in [1.165, 1.54) is 0 Å². The average Bonchev–Trinajstić information content (AvgIpc) is 2.43. The first-order chi connectivity index (χ1) is 9.78. The Morgan fingerprint density at radius 3 is 2.57 bits per heavy atom. The lowest BCUT2D eigenvalue weighted by atomic mass is 10.1. The maximum atomic E-state index is 13.1. The van der Waals surface area contributed by atoms with E-state index >= 15 is 0 Å². The summed E-state index contributed by atoms with van der Waals surface area (Å²) in [6.45, 7) is 8.27.